The number of amides is 1. The van der Waals surface area contributed by atoms with Crippen LogP contribution in [0.4, 0.5) is 0 Å². The molecule has 1 aromatic heterocycles. The van der Waals surface area contributed by atoms with Crippen molar-refractivity contribution in [2.75, 3.05) is 12.9 Å². The maximum atomic E-state index is 11.9. The third-order valence-electron chi connectivity index (χ3n) is 2.97. The Morgan fingerprint density at radius 1 is 1.52 bits per heavy atom. The van der Waals surface area contributed by atoms with E-state index in [0.29, 0.717) is 5.16 Å². The lowest BCUT2D eigenvalue weighted by atomic mass is 9.99. The van der Waals surface area contributed by atoms with Crippen LogP contribution in [0.1, 0.15) is 20.3 Å². The molecule has 0 bridgehead atoms. The fourth-order valence-electron chi connectivity index (χ4n) is 1.57. The van der Waals surface area contributed by atoms with Gasteiger partial charge in [0, 0.05) is 12.3 Å². The topological polar surface area (TPSA) is 101 Å². The Balaban J connectivity index is 2.58. The van der Waals surface area contributed by atoms with Crippen molar-refractivity contribution in [2.45, 2.75) is 31.5 Å². The number of methoxy groups -OCH3 is 1. The van der Waals surface area contributed by atoms with Crippen molar-refractivity contribution < 1.29 is 14.3 Å². The normalized spacial score (nSPS) is 13.3. The second-order valence-corrected chi connectivity index (χ2v) is 5.45. The molecule has 2 N–H and O–H groups in total. The predicted octanol–water partition coefficient (Wildman–Crippen LogP) is 0.566. The van der Waals surface area contributed by atoms with Crippen molar-refractivity contribution in [3.8, 4) is 0 Å². The third kappa shape index (κ3) is 5.58. The number of nitrogens with zero attached hydrogens (tertiary/aromatic N) is 1. The van der Waals surface area contributed by atoms with Gasteiger partial charge < -0.3 is 15.0 Å². The molecule has 1 amide bonds. The molecule has 116 valence electrons. The molecule has 0 aliphatic heterocycles. The highest BCUT2D eigenvalue weighted by Gasteiger charge is 2.26. The van der Waals surface area contributed by atoms with E-state index in [1.807, 2.05) is 13.8 Å². The van der Waals surface area contributed by atoms with Crippen molar-refractivity contribution in [1.29, 1.82) is 0 Å². The van der Waals surface area contributed by atoms with Gasteiger partial charge in [-0.05, 0) is 5.92 Å². The van der Waals surface area contributed by atoms with Crippen LogP contribution in [0.2, 0.25) is 0 Å². The zero-order valence-electron chi connectivity index (χ0n) is 12.2. The van der Waals surface area contributed by atoms with E-state index < -0.39 is 12.0 Å². The molecule has 0 saturated heterocycles. The van der Waals surface area contributed by atoms with Gasteiger partial charge in [-0.1, -0.05) is 32.0 Å². The minimum absolute atomic E-state index is 0.0268. The van der Waals surface area contributed by atoms with Crippen molar-refractivity contribution in [3.63, 3.8) is 0 Å². The number of esters is 1. The molecule has 0 aliphatic carbocycles. The molecule has 0 aromatic carbocycles. The van der Waals surface area contributed by atoms with Crippen LogP contribution in [-0.2, 0) is 14.3 Å². The fourth-order valence-corrected chi connectivity index (χ4v) is 2.23. The molecule has 0 saturated carbocycles. The van der Waals surface area contributed by atoms with Crippen molar-refractivity contribution in [3.05, 3.63) is 22.6 Å². The van der Waals surface area contributed by atoms with Gasteiger partial charge in [-0.25, -0.2) is 9.78 Å². The zero-order valence-corrected chi connectivity index (χ0v) is 13.0. The average Bonchev–Trinajstić information content (AvgIpc) is 2.49. The van der Waals surface area contributed by atoms with Crippen LogP contribution >= 0.6 is 11.8 Å². The Kier molecular flexibility index (Phi) is 6.93. The van der Waals surface area contributed by atoms with Crippen LogP contribution in [0.25, 0.3) is 0 Å². The highest BCUT2D eigenvalue weighted by Crippen LogP contribution is 2.12. The van der Waals surface area contributed by atoms with Gasteiger partial charge in [-0.2, -0.15) is 0 Å². The summed E-state index contributed by atoms with van der Waals surface area (Å²) in [6, 6.07) is 0.622. The lowest BCUT2D eigenvalue weighted by Crippen LogP contribution is -2.46. The Labute approximate surface area is 126 Å². The summed E-state index contributed by atoms with van der Waals surface area (Å²) in [5, 5.41) is 3.01. The monoisotopic (exact) mass is 313 g/mol. The van der Waals surface area contributed by atoms with Gasteiger partial charge in [0.05, 0.1) is 12.9 Å². The van der Waals surface area contributed by atoms with Gasteiger partial charge in [0.25, 0.3) is 5.56 Å². The van der Waals surface area contributed by atoms with Crippen LogP contribution in [0, 0.1) is 5.92 Å². The molecule has 0 spiro atoms. The molecule has 1 rings (SSSR count). The lowest BCUT2D eigenvalue weighted by Gasteiger charge is -2.21. The standard InChI is InChI=1S/C13H19N3O4S/c1-4-8(2)11(12(19)20-3)15-10(18)7-21-13-14-6-5-9(17)16-13/h5-6,8,11H,4,7H2,1-3H3,(H,15,18)(H,14,16,17)/t8-,11+/m0/s1. The SMILES string of the molecule is CC[C@H](C)[C@@H](NC(=O)CSc1nccc(=O)[nH]1)C(=O)OC. The summed E-state index contributed by atoms with van der Waals surface area (Å²) >= 11 is 1.09. The number of rotatable bonds is 7. The Bertz CT molecular complexity index is 546. The second kappa shape index (κ2) is 8.46. The summed E-state index contributed by atoms with van der Waals surface area (Å²) in [6.45, 7) is 3.80. The minimum atomic E-state index is -0.670. The quantitative estimate of drug-likeness (QED) is 0.433. The summed E-state index contributed by atoms with van der Waals surface area (Å²) in [4.78, 5) is 41.1. The smallest absolute Gasteiger partial charge is 0.328 e. The van der Waals surface area contributed by atoms with E-state index in [1.54, 1.807) is 0 Å². The molecule has 1 aromatic rings. The van der Waals surface area contributed by atoms with Gasteiger partial charge in [-0.15, -0.1) is 0 Å². The molecule has 7 nitrogen and oxygen atoms in total. The first-order chi connectivity index (χ1) is 9.97. The van der Waals surface area contributed by atoms with Crippen LogP contribution < -0.4 is 10.9 Å². The van der Waals surface area contributed by atoms with Crippen LogP contribution in [0.3, 0.4) is 0 Å². The van der Waals surface area contributed by atoms with Gasteiger partial charge in [-0.3, -0.25) is 9.59 Å². The van der Waals surface area contributed by atoms with Gasteiger partial charge in [0.2, 0.25) is 5.91 Å². The molecule has 0 unspecified atom stereocenters. The Hall–Kier alpha value is -1.83. The summed E-state index contributed by atoms with van der Waals surface area (Å²) in [7, 11) is 1.29. The van der Waals surface area contributed by atoms with E-state index >= 15 is 0 Å². The van der Waals surface area contributed by atoms with Crippen LogP contribution in [0.15, 0.2) is 22.2 Å². The van der Waals surface area contributed by atoms with E-state index in [0.717, 1.165) is 18.2 Å². The molecule has 21 heavy (non-hydrogen) atoms. The van der Waals surface area contributed by atoms with Gasteiger partial charge in [0.15, 0.2) is 5.16 Å². The summed E-state index contributed by atoms with van der Waals surface area (Å²) in [5.74, 6) is -0.756. The third-order valence-corrected chi connectivity index (χ3v) is 3.86. The summed E-state index contributed by atoms with van der Waals surface area (Å²) in [6.07, 6.45) is 2.11. The predicted molar refractivity (Wildman–Crippen MR) is 79.0 cm³/mol. The molecule has 0 fully saturated rings. The molecule has 0 aliphatic rings. The number of aromatic nitrogens is 2. The Morgan fingerprint density at radius 2 is 2.24 bits per heavy atom. The van der Waals surface area contributed by atoms with Gasteiger partial charge in [0.1, 0.15) is 6.04 Å². The fraction of sp³-hybridized carbons (Fsp3) is 0.538. The number of thioether (sulfide) groups is 1. The first-order valence-corrected chi connectivity index (χ1v) is 7.51. The maximum Gasteiger partial charge on any atom is 0.328 e. The number of carbonyl (C=O) groups excluding carboxylic acids is 2. The molecular formula is C13H19N3O4S. The average molecular weight is 313 g/mol. The first kappa shape index (κ1) is 17.2. The largest absolute Gasteiger partial charge is 0.467 e. The van der Waals surface area contributed by atoms with Crippen molar-refractivity contribution >= 4 is 23.6 Å². The zero-order chi connectivity index (χ0) is 15.8. The second-order valence-electron chi connectivity index (χ2n) is 4.48. The number of carbonyl (C=O) groups is 2. The number of aromatic amines is 1. The summed E-state index contributed by atoms with van der Waals surface area (Å²) < 4.78 is 4.69. The number of hydrogen-bond donors (Lipinski definition) is 2. The number of ether oxygens (including phenoxy) is 1. The summed E-state index contributed by atoms with van der Waals surface area (Å²) in [5.41, 5.74) is -0.278. The van der Waals surface area contributed by atoms with Crippen molar-refractivity contribution in [2.24, 2.45) is 5.92 Å². The molecule has 0 radical (unpaired) electrons. The van der Waals surface area contributed by atoms with Crippen LogP contribution in [-0.4, -0.2) is 40.7 Å². The molecule has 8 heteroatoms. The Morgan fingerprint density at radius 3 is 2.81 bits per heavy atom. The molecule has 1 heterocycles. The highest BCUT2D eigenvalue weighted by atomic mass is 32.2. The number of hydrogen-bond acceptors (Lipinski definition) is 6. The van der Waals surface area contributed by atoms with E-state index in [1.165, 1.54) is 19.4 Å². The molecular weight excluding hydrogens is 294 g/mol. The van der Waals surface area contributed by atoms with E-state index in [4.69, 9.17) is 4.74 Å². The lowest BCUT2D eigenvalue weighted by molar-refractivity contribution is -0.146. The highest BCUT2D eigenvalue weighted by molar-refractivity contribution is 7.99. The van der Waals surface area contributed by atoms with Crippen LogP contribution in [0.5, 0.6) is 0 Å². The van der Waals surface area contributed by atoms with E-state index in [2.05, 4.69) is 15.3 Å². The van der Waals surface area contributed by atoms with E-state index in [9.17, 15) is 14.4 Å². The first-order valence-electron chi connectivity index (χ1n) is 6.53. The number of H-pyrrole nitrogens is 1. The van der Waals surface area contributed by atoms with Crippen molar-refractivity contribution in [1.82, 2.24) is 15.3 Å². The minimum Gasteiger partial charge on any atom is -0.467 e. The van der Waals surface area contributed by atoms with E-state index in [-0.39, 0.29) is 23.1 Å². The molecule has 2 atom stereocenters. The number of nitrogens with one attached hydrogen (secondary N) is 2. The maximum absolute atomic E-state index is 11.9. The van der Waals surface area contributed by atoms with Gasteiger partial charge >= 0.3 is 5.97 Å².